The fourth-order valence-corrected chi connectivity index (χ4v) is 1.46. The molecule has 0 bridgehead atoms. The lowest BCUT2D eigenvalue weighted by atomic mass is 10.2. The smallest absolute Gasteiger partial charge is 0.153 e. The Kier molecular flexibility index (Phi) is 1.58. The first-order valence-electron chi connectivity index (χ1n) is 3.52. The van der Waals surface area contributed by atoms with Gasteiger partial charge in [-0.3, -0.25) is 0 Å². The number of furan rings is 1. The van der Waals surface area contributed by atoms with Gasteiger partial charge in [0, 0.05) is 5.39 Å². The Labute approximate surface area is 73.7 Å². The molecule has 2 aromatic rings. The van der Waals surface area contributed by atoms with E-state index in [0.29, 0.717) is 16.0 Å². The van der Waals surface area contributed by atoms with Gasteiger partial charge in [-0.15, -0.1) is 0 Å². The summed E-state index contributed by atoms with van der Waals surface area (Å²) < 4.78 is 18.0. The SMILES string of the molecule is Cc1cc2cc(F)cc(Cl)c2o1. The quantitative estimate of drug-likeness (QED) is 0.611. The van der Waals surface area contributed by atoms with Crippen molar-refractivity contribution in [2.75, 3.05) is 0 Å². The van der Waals surface area contributed by atoms with Gasteiger partial charge < -0.3 is 4.42 Å². The second kappa shape index (κ2) is 2.49. The number of hydrogen-bond donors (Lipinski definition) is 0. The fourth-order valence-electron chi connectivity index (χ4n) is 1.20. The summed E-state index contributed by atoms with van der Waals surface area (Å²) in [5, 5.41) is 1.02. The average Bonchev–Trinajstić information content (AvgIpc) is 2.29. The van der Waals surface area contributed by atoms with Crippen LogP contribution in [0.15, 0.2) is 22.6 Å². The van der Waals surface area contributed by atoms with Crippen molar-refractivity contribution >= 4 is 22.6 Å². The number of fused-ring (bicyclic) bond motifs is 1. The normalized spacial score (nSPS) is 10.9. The molecular weight excluding hydrogens is 179 g/mol. The molecule has 1 aromatic heterocycles. The van der Waals surface area contributed by atoms with Crippen LogP contribution in [0.4, 0.5) is 4.39 Å². The van der Waals surface area contributed by atoms with E-state index < -0.39 is 0 Å². The summed E-state index contributed by atoms with van der Waals surface area (Å²) in [5.41, 5.74) is 0.551. The third kappa shape index (κ3) is 1.08. The molecule has 0 unspecified atom stereocenters. The molecule has 0 N–H and O–H groups in total. The van der Waals surface area contributed by atoms with Crippen molar-refractivity contribution in [2.45, 2.75) is 6.92 Å². The molecule has 0 radical (unpaired) electrons. The summed E-state index contributed by atoms with van der Waals surface area (Å²) in [6, 6.07) is 4.40. The second-order valence-corrected chi connectivity index (χ2v) is 3.07. The maximum Gasteiger partial charge on any atom is 0.153 e. The lowest BCUT2D eigenvalue weighted by Crippen LogP contribution is -1.72. The van der Waals surface area contributed by atoms with E-state index in [-0.39, 0.29) is 5.82 Å². The highest BCUT2D eigenvalue weighted by Gasteiger charge is 2.06. The minimum atomic E-state index is -0.340. The van der Waals surface area contributed by atoms with Gasteiger partial charge in [-0.05, 0) is 25.1 Å². The van der Waals surface area contributed by atoms with Crippen LogP contribution < -0.4 is 0 Å². The summed E-state index contributed by atoms with van der Waals surface area (Å²) in [6.45, 7) is 1.80. The highest BCUT2D eigenvalue weighted by Crippen LogP contribution is 2.27. The first-order chi connectivity index (χ1) is 5.66. The summed E-state index contributed by atoms with van der Waals surface area (Å²) in [5.74, 6) is 0.394. The lowest BCUT2D eigenvalue weighted by Gasteiger charge is -1.91. The summed E-state index contributed by atoms with van der Waals surface area (Å²) in [7, 11) is 0. The molecule has 12 heavy (non-hydrogen) atoms. The van der Waals surface area contributed by atoms with Crippen LogP contribution in [-0.2, 0) is 0 Å². The molecule has 2 rings (SSSR count). The molecule has 0 fully saturated rings. The molecule has 0 amide bonds. The molecule has 0 saturated heterocycles. The molecule has 0 aliphatic heterocycles. The zero-order chi connectivity index (χ0) is 8.72. The first-order valence-corrected chi connectivity index (χ1v) is 3.90. The molecule has 1 aromatic carbocycles. The Hall–Kier alpha value is -1.02. The summed E-state index contributed by atoms with van der Waals surface area (Å²) in [4.78, 5) is 0. The Balaban J connectivity index is 2.88. The van der Waals surface area contributed by atoms with E-state index in [1.807, 2.05) is 0 Å². The van der Waals surface area contributed by atoms with E-state index in [1.54, 1.807) is 13.0 Å². The van der Waals surface area contributed by atoms with Crippen molar-refractivity contribution in [1.29, 1.82) is 0 Å². The highest BCUT2D eigenvalue weighted by molar-refractivity contribution is 6.34. The van der Waals surface area contributed by atoms with Gasteiger partial charge in [0.25, 0.3) is 0 Å². The van der Waals surface area contributed by atoms with Gasteiger partial charge in [-0.2, -0.15) is 0 Å². The molecule has 62 valence electrons. The van der Waals surface area contributed by atoms with Crippen molar-refractivity contribution in [1.82, 2.24) is 0 Å². The van der Waals surface area contributed by atoms with Crippen LogP contribution in [0.1, 0.15) is 5.76 Å². The first kappa shape index (κ1) is 7.62. The zero-order valence-electron chi connectivity index (χ0n) is 6.40. The van der Waals surface area contributed by atoms with Crippen LogP contribution in [0.3, 0.4) is 0 Å². The molecular formula is C9H6ClFO. The maximum atomic E-state index is 12.8. The Morgan fingerprint density at radius 1 is 1.33 bits per heavy atom. The fraction of sp³-hybridized carbons (Fsp3) is 0.111. The van der Waals surface area contributed by atoms with Gasteiger partial charge in [0.2, 0.25) is 0 Å². The van der Waals surface area contributed by atoms with Gasteiger partial charge in [-0.1, -0.05) is 11.6 Å². The van der Waals surface area contributed by atoms with Crippen LogP contribution in [0.5, 0.6) is 0 Å². The van der Waals surface area contributed by atoms with Crippen molar-refractivity contribution < 1.29 is 8.81 Å². The van der Waals surface area contributed by atoms with Crippen molar-refractivity contribution in [3.05, 3.63) is 34.8 Å². The Morgan fingerprint density at radius 3 is 2.83 bits per heavy atom. The van der Waals surface area contributed by atoms with E-state index in [9.17, 15) is 4.39 Å². The predicted molar refractivity (Wildman–Crippen MR) is 45.9 cm³/mol. The number of benzene rings is 1. The predicted octanol–water partition coefficient (Wildman–Crippen LogP) is 3.53. The van der Waals surface area contributed by atoms with Crippen LogP contribution in [-0.4, -0.2) is 0 Å². The molecule has 0 saturated carbocycles. The van der Waals surface area contributed by atoms with Gasteiger partial charge in [-0.25, -0.2) is 4.39 Å². The third-order valence-electron chi connectivity index (χ3n) is 1.66. The monoisotopic (exact) mass is 184 g/mol. The van der Waals surface area contributed by atoms with E-state index in [0.717, 1.165) is 5.76 Å². The number of halogens is 2. The molecule has 0 atom stereocenters. The minimum absolute atomic E-state index is 0.318. The summed E-state index contributed by atoms with van der Waals surface area (Å²) in [6.07, 6.45) is 0. The minimum Gasteiger partial charge on any atom is -0.460 e. The number of aryl methyl sites for hydroxylation is 1. The number of rotatable bonds is 0. The van der Waals surface area contributed by atoms with Crippen LogP contribution in [0, 0.1) is 12.7 Å². The van der Waals surface area contributed by atoms with Crippen molar-refractivity contribution in [3.63, 3.8) is 0 Å². The van der Waals surface area contributed by atoms with E-state index in [2.05, 4.69) is 0 Å². The van der Waals surface area contributed by atoms with Gasteiger partial charge in [0.15, 0.2) is 5.58 Å². The van der Waals surface area contributed by atoms with E-state index in [4.69, 9.17) is 16.0 Å². The van der Waals surface area contributed by atoms with Gasteiger partial charge >= 0.3 is 0 Å². The molecule has 0 spiro atoms. The molecule has 0 aliphatic carbocycles. The molecule has 1 heterocycles. The van der Waals surface area contributed by atoms with Crippen molar-refractivity contribution in [3.8, 4) is 0 Å². The van der Waals surface area contributed by atoms with Gasteiger partial charge in [0.1, 0.15) is 11.6 Å². The number of hydrogen-bond acceptors (Lipinski definition) is 1. The molecule has 3 heteroatoms. The highest BCUT2D eigenvalue weighted by atomic mass is 35.5. The van der Waals surface area contributed by atoms with E-state index in [1.165, 1.54) is 12.1 Å². The largest absolute Gasteiger partial charge is 0.460 e. The zero-order valence-corrected chi connectivity index (χ0v) is 7.15. The molecule has 0 aliphatic rings. The Bertz CT molecular complexity index is 433. The standard InChI is InChI=1S/C9H6ClFO/c1-5-2-6-3-7(11)4-8(10)9(6)12-5/h2-4H,1H3. The maximum absolute atomic E-state index is 12.8. The molecule has 1 nitrogen and oxygen atoms in total. The lowest BCUT2D eigenvalue weighted by molar-refractivity contribution is 0.577. The van der Waals surface area contributed by atoms with Crippen molar-refractivity contribution in [2.24, 2.45) is 0 Å². The second-order valence-electron chi connectivity index (χ2n) is 2.66. The van der Waals surface area contributed by atoms with Crippen LogP contribution in [0.25, 0.3) is 11.0 Å². The average molecular weight is 185 g/mol. The van der Waals surface area contributed by atoms with E-state index >= 15 is 0 Å². The summed E-state index contributed by atoms with van der Waals surface area (Å²) >= 11 is 5.74. The van der Waals surface area contributed by atoms with Gasteiger partial charge in [0.05, 0.1) is 5.02 Å². The van der Waals surface area contributed by atoms with Crippen LogP contribution >= 0.6 is 11.6 Å². The Morgan fingerprint density at radius 2 is 2.08 bits per heavy atom. The third-order valence-corrected chi connectivity index (χ3v) is 1.94. The van der Waals surface area contributed by atoms with Crippen LogP contribution in [0.2, 0.25) is 5.02 Å². The topological polar surface area (TPSA) is 13.1 Å².